The summed E-state index contributed by atoms with van der Waals surface area (Å²) >= 11 is 0. The van der Waals surface area contributed by atoms with E-state index in [1.54, 1.807) is 0 Å². The Morgan fingerprint density at radius 2 is 1.88 bits per heavy atom. The zero-order chi connectivity index (χ0) is 12.3. The van der Waals surface area contributed by atoms with Crippen molar-refractivity contribution in [2.24, 2.45) is 23.0 Å². The van der Waals surface area contributed by atoms with Gasteiger partial charge < -0.3 is 11.1 Å². The number of nitrogens with two attached hydrogens (primary N) is 1. The molecule has 0 bridgehead atoms. The van der Waals surface area contributed by atoms with Gasteiger partial charge in [0.1, 0.15) is 0 Å². The lowest BCUT2D eigenvalue weighted by atomic mass is 9.94. The second-order valence-electron chi connectivity index (χ2n) is 6.09. The topological polar surface area (TPSA) is 55.1 Å². The normalized spacial score (nSPS) is 19.9. The summed E-state index contributed by atoms with van der Waals surface area (Å²) in [5.41, 5.74) is 6.19. The molecule has 1 amide bonds. The highest BCUT2D eigenvalue weighted by atomic mass is 16.2. The van der Waals surface area contributed by atoms with Crippen LogP contribution in [0.4, 0.5) is 0 Å². The number of hydrogen-bond acceptors (Lipinski definition) is 2. The first kappa shape index (κ1) is 13.5. The van der Waals surface area contributed by atoms with Crippen molar-refractivity contribution in [2.75, 3.05) is 6.54 Å². The Balaban J connectivity index is 2.32. The van der Waals surface area contributed by atoms with E-state index in [0.717, 1.165) is 6.54 Å². The van der Waals surface area contributed by atoms with E-state index in [0.29, 0.717) is 11.3 Å². The van der Waals surface area contributed by atoms with E-state index in [2.05, 4.69) is 19.2 Å². The van der Waals surface area contributed by atoms with Gasteiger partial charge in [-0.15, -0.1) is 0 Å². The summed E-state index contributed by atoms with van der Waals surface area (Å²) < 4.78 is 0. The predicted molar refractivity (Wildman–Crippen MR) is 66.9 cm³/mol. The lowest BCUT2D eigenvalue weighted by Crippen LogP contribution is -2.45. The van der Waals surface area contributed by atoms with Crippen LogP contribution in [0.2, 0.25) is 0 Å². The minimum Gasteiger partial charge on any atom is -0.354 e. The highest BCUT2D eigenvalue weighted by molar-refractivity contribution is 5.81. The number of nitrogens with one attached hydrogen (secondary N) is 1. The van der Waals surface area contributed by atoms with Gasteiger partial charge >= 0.3 is 0 Å². The average molecular weight is 226 g/mol. The maximum atomic E-state index is 11.7. The van der Waals surface area contributed by atoms with Gasteiger partial charge in [-0.25, -0.2) is 0 Å². The molecule has 0 heterocycles. The van der Waals surface area contributed by atoms with Crippen LogP contribution in [-0.4, -0.2) is 18.5 Å². The molecule has 1 aliphatic carbocycles. The summed E-state index contributed by atoms with van der Waals surface area (Å²) in [6, 6.07) is -0.366. The molecule has 3 N–H and O–H groups in total. The molecule has 3 heteroatoms. The molecule has 94 valence electrons. The first-order valence-corrected chi connectivity index (χ1v) is 6.39. The fourth-order valence-electron chi connectivity index (χ4n) is 2.19. The average Bonchev–Trinajstić information content (AvgIpc) is 2.92. The first-order chi connectivity index (χ1) is 7.36. The maximum Gasteiger partial charge on any atom is 0.237 e. The van der Waals surface area contributed by atoms with Crippen LogP contribution in [0.1, 0.15) is 47.0 Å². The number of hydrogen-bond donors (Lipinski definition) is 2. The molecule has 0 aliphatic heterocycles. The lowest BCUT2D eigenvalue weighted by Gasteiger charge is -2.21. The Bertz CT molecular complexity index is 244. The monoisotopic (exact) mass is 226 g/mol. The third kappa shape index (κ3) is 3.78. The van der Waals surface area contributed by atoms with Crippen molar-refractivity contribution < 1.29 is 4.79 Å². The molecule has 0 spiro atoms. The quantitative estimate of drug-likeness (QED) is 0.727. The van der Waals surface area contributed by atoms with Crippen LogP contribution in [0.25, 0.3) is 0 Å². The second-order valence-corrected chi connectivity index (χ2v) is 6.09. The summed E-state index contributed by atoms with van der Waals surface area (Å²) in [6.45, 7) is 9.24. The van der Waals surface area contributed by atoms with E-state index in [4.69, 9.17) is 5.73 Å². The minimum atomic E-state index is -0.366. The summed E-state index contributed by atoms with van der Waals surface area (Å²) in [5.74, 6) is 0.920. The SMILES string of the molecule is CC(C)CC1(CNC(=O)[C@@H](N)C(C)C)CC1. The Labute approximate surface area is 99.2 Å². The third-order valence-corrected chi connectivity index (χ3v) is 3.46. The van der Waals surface area contributed by atoms with Crippen molar-refractivity contribution in [2.45, 2.75) is 53.0 Å². The van der Waals surface area contributed by atoms with Gasteiger partial charge in [0.25, 0.3) is 0 Å². The molecule has 1 aliphatic rings. The summed E-state index contributed by atoms with van der Waals surface area (Å²) in [7, 11) is 0. The van der Waals surface area contributed by atoms with E-state index in [1.165, 1.54) is 19.3 Å². The van der Waals surface area contributed by atoms with Crippen LogP contribution in [-0.2, 0) is 4.79 Å². The summed E-state index contributed by atoms with van der Waals surface area (Å²) in [5, 5.41) is 3.01. The lowest BCUT2D eigenvalue weighted by molar-refractivity contribution is -0.123. The van der Waals surface area contributed by atoms with Crippen LogP contribution in [0.5, 0.6) is 0 Å². The standard InChI is InChI=1S/C13H26N2O/c1-9(2)7-13(5-6-13)8-15-12(16)11(14)10(3)4/h9-11H,5-8,14H2,1-4H3,(H,15,16)/t11-/m0/s1. The molecule has 3 nitrogen and oxygen atoms in total. The molecular weight excluding hydrogens is 200 g/mol. The van der Waals surface area contributed by atoms with Gasteiger partial charge in [0.15, 0.2) is 0 Å². The van der Waals surface area contributed by atoms with Crippen molar-refractivity contribution in [3.05, 3.63) is 0 Å². The highest BCUT2D eigenvalue weighted by Crippen LogP contribution is 2.49. The van der Waals surface area contributed by atoms with Crippen molar-refractivity contribution in [1.82, 2.24) is 5.32 Å². The molecule has 16 heavy (non-hydrogen) atoms. The molecular formula is C13H26N2O. The molecule has 0 unspecified atom stereocenters. The van der Waals surface area contributed by atoms with Crippen LogP contribution in [0.3, 0.4) is 0 Å². The fraction of sp³-hybridized carbons (Fsp3) is 0.923. The number of carbonyl (C=O) groups is 1. The molecule has 0 aromatic heterocycles. The Kier molecular flexibility index (Phi) is 4.36. The number of rotatable bonds is 6. The maximum absolute atomic E-state index is 11.7. The molecule has 0 saturated heterocycles. The van der Waals surface area contributed by atoms with Crippen molar-refractivity contribution in [1.29, 1.82) is 0 Å². The summed E-state index contributed by atoms with van der Waals surface area (Å²) in [6.07, 6.45) is 3.72. The fourth-order valence-corrected chi connectivity index (χ4v) is 2.19. The van der Waals surface area contributed by atoms with E-state index in [-0.39, 0.29) is 17.9 Å². The van der Waals surface area contributed by atoms with Gasteiger partial charge in [-0.05, 0) is 36.5 Å². The Morgan fingerprint density at radius 1 is 1.31 bits per heavy atom. The van der Waals surface area contributed by atoms with E-state index in [1.807, 2.05) is 13.8 Å². The predicted octanol–water partition coefficient (Wildman–Crippen LogP) is 1.91. The van der Waals surface area contributed by atoms with E-state index < -0.39 is 0 Å². The molecule has 1 atom stereocenters. The van der Waals surface area contributed by atoms with Crippen molar-refractivity contribution in [3.63, 3.8) is 0 Å². The van der Waals surface area contributed by atoms with E-state index >= 15 is 0 Å². The van der Waals surface area contributed by atoms with Crippen LogP contribution >= 0.6 is 0 Å². The van der Waals surface area contributed by atoms with E-state index in [9.17, 15) is 4.79 Å². The minimum absolute atomic E-state index is 0.00466. The van der Waals surface area contributed by atoms with Crippen molar-refractivity contribution >= 4 is 5.91 Å². The van der Waals surface area contributed by atoms with Gasteiger partial charge in [-0.1, -0.05) is 27.7 Å². The van der Waals surface area contributed by atoms with Crippen LogP contribution in [0.15, 0.2) is 0 Å². The van der Waals surface area contributed by atoms with Gasteiger partial charge in [0, 0.05) is 6.54 Å². The molecule has 1 saturated carbocycles. The smallest absolute Gasteiger partial charge is 0.237 e. The molecule has 1 rings (SSSR count). The van der Waals surface area contributed by atoms with Crippen LogP contribution in [0, 0.1) is 17.3 Å². The van der Waals surface area contributed by atoms with Gasteiger partial charge in [0.2, 0.25) is 5.91 Å². The Morgan fingerprint density at radius 3 is 2.25 bits per heavy atom. The molecule has 1 fully saturated rings. The number of carbonyl (C=O) groups excluding carboxylic acids is 1. The first-order valence-electron chi connectivity index (χ1n) is 6.39. The zero-order valence-electron chi connectivity index (χ0n) is 11.0. The van der Waals surface area contributed by atoms with Gasteiger partial charge in [0.05, 0.1) is 6.04 Å². The third-order valence-electron chi connectivity index (χ3n) is 3.46. The van der Waals surface area contributed by atoms with Crippen molar-refractivity contribution in [3.8, 4) is 0 Å². The van der Waals surface area contributed by atoms with Gasteiger partial charge in [-0.2, -0.15) is 0 Å². The summed E-state index contributed by atoms with van der Waals surface area (Å²) in [4.78, 5) is 11.7. The zero-order valence-corrected chi connectivity index (χ0v) is 11.0. The molecule has 0 aromatic carbocycles. The van der Waals surface area contributed by atoms with Gasteiger partial charge in [-0.3, -0.25) is 4.79 Å². The molecule has 0 aromatic rings. The van der Waals surface area contributed by atoms with Crippen LogP contribution < -0.4 is 11.1 Å². The second kappa shape index (κ2) is 5.17. The largest absolute Gasteiger partial charge is 0.354 e. The highest BCUT2D eigenvalue weighted by Gasteiger charge is 2.42. The molecule has 0 radical (unpaired) electrons. The Hall–Kier alpha value is -0.570. The number of amides is 1.